The first kappa shape index (κ1) is 24.8. The van der Waals surface area contributed by atoms with Crippen molar-refractivity contribution in [3.8, 4) is 11.3 Å². The summed E-state index contributed by atoms with van der Waals surface area (Å²) in [5.74, 6) is 1.23. The maximum atomic E-state index is 13.0. The third kappa shape index (κ3) is 5.03. The van der Waals surface area contributed by atoms with Crippen molar-refractivity contribution >= 4 is 19.0 Å². The van der Waals surface area contributed by atoms with Gasteiger partial charge in [0, 0.05) is 6.04 Å². The molecule has 8 heteroatoms. The predicted octanol–water partition coefficient (Wildman–Crippen LogP) is 4.35. The minimum atomic E-state index is -0.970. The molecule has 1 saturated carbocycles. The van der Waals surface area contributed by atoms with Gasteiger partial charge in [0.15, 0.2) is 0 Å². The van der Waals surface area contributed by atoms with E-state index in [0.29, 0.717) is 5.92 Å². The molecule has 7 nitrogen and oxygen atoms in total. The van der Waals surface area contributed by atoms with E-state index in [1.54, 1.807) is 21.3 Å². The van der Waals surface area contributed by atoms with Crippen LogP contribution in [0.1, 0.15) is 79.6 Å². The standard InChI is InChI=1S/C26H37BN3O4/c1-24(2,3)33-23(31)30-19-13-10-17(14-19)21(30)22-28-15-20(29-22)16-8-11-18(12-9-16)27-34-26(6,7)25(4,5)32/h8-9,11-12,15,17,19,21,32H,10,13-14H2,1-7H3,(H,28,29)/t17-,19+,21+/m1/s1. The number of hydrogen-bond donors (Lipinski definition) is 2. The van der Waals surface area contributed by atoms with E-state index in [1.807, 2.05) is 70.0 Å². The second-order valence-corrected chi connectivity index (χ2v) is 11.7. The van der Waals surface area contributed by atoms with Crippen LogP contribution >= 0.6 is 0 Å². The zero-order valence-electron chi connectivity index (χ0n) is 21.4. The smallest absolute Gasteiger partial charge is 0.411 e. The van der Waals surface area contributed by atoms with E-state index in [1.165, 1.54) is 0 Å². The van der Waals surface area contributed by atoms with Gasteiger partial charge in [0.05, 0.1) is 29.1 Å². The molecular formula is C26H37BN3O4. The normalized spacial score (nSPS) is 22.8. The Kier molecular flexibility index (Phi) is 6.36. The Morgan fingerprint density at radius 2 is 1.79 bits per heavy atom. The second-order valence-electron chi connectivity index (χ2n) is 11.7. The van der Waals surface area contributed by atoms with Crippen molar-refractivity contribution in [2.45, 2.75) is 96.6 Å². The van der Waals surface area contributed by atoms with Gasteiger partial charge in [-0.2, -0.15) is 0 Å². The number of aromatic amines is 1. The number of aromatic nitrogens is 2. The molecule has 34 heavy (non-hydrogen) atoms. The molecule has 1 aliphatic heterocycles. The van der Waals surface area contributed by atoms with Crippen molar-refractivity contribution in [3.05, 3.63) is 36.3 Å². The third-order valence-corrected chi connectivity index (χ3v) is 7.25. The molecule has 1 aliphatic carbocycles. The molecule has 1 aromatic heterocycles. The van der Waals surface area contributed by atoms with Crippen LogP contribution in [0.15, 0.2) is 30.5 Å². The largest absolute Gasteiger partial charge is 0.444 e. The minimum absolute atomic E-state index is 0.0765. The van der Waals surface area contributed by atoms with Gasteiger partial charge in [-0.3, -0.25) is 4.90 Å². The monoisotopic (exact) mass is 466 g/mol. The van der Waals surface area contributed by atoms with E-state index in [0.717, 1.165) is 41.8 Å². The topological polar surface area (TPSA) is 87.7 Å². The molecule has 4 rings (SSSR count). The number of rotatable bonds is 6. The van der Waals surface area contributed by atoms with Crippen LogP contribution in [-0.2, 0) is 9.39 Å². The van der Waals surface area contributed by atoms with Crippen molar-refractivity contribution in [2.75, 3.05) is 0 Å². The molecule has 2 bridgehead atoms. The number of piperidine rings is 1. The maximum Gasteiger partial charge on any atom is 0.411 e. The van der Waals surface area contributed by atoms with Gasteiger partial charge < -0.3 is 19.5 Å². The number of aliphatic hydroxyl groups is 1. The summed E-state index contributed by atoms with van der Waals surface area (Å²) in [6.45, 7) is 12.9. The van der Waals surface area contributed by atoms with E-state index in [2.05, 4.69) is 9.97 Å². The van der Waals surface area contributed by atoms with Crippen LogP contribution in [0.4, 0.5) is 4.79 Å². The molecule has 2 aliphatic rings. The van der Waals surface area contributed by atoms with E-state index in [-0.39, 0.29) is 18.2 Å². The Hall–Kier alpha value is -2.32. The van der Waals surface area contributed by atoms with Crippen molar-refractivity contribution < 1.29 is 19.3 Å². The summed E-state index contributed by atoms with van der Waals surface area (Å²) in [4.78, 5) is 23.0. The molecule has 183 valence electrons. The molecule has 1 aromatic carbocycles. The van der Waals surface area contributed by atoms with Crippen LogP contribution in [-0.4, -0.2) is 56.4 Å². The molecule has 2 aromatic rings. The van der Waals surface area contributed by atoms with Crippen LogP contribution in [0, 0.1) is 5.92 Å². The third-order valence-electron chi connectivity index (χ3n) is 7.25. The molecular weight excluding hydrogens is 429 g/mol. The lowest BCUT2D eigenvalue weighted by Crippen LogP contribution is -2.49. The summed E-state index contributed by atoms with van der Waals surface area (Å²) in [5.41, 5.74) is 0.608. The van der Waals surface area contributed by atoms with Gasteiger partial charge in [0.1, 0.15) is 11.4 Å². The highest BCUT2D eigenvalue weighted by molar-refractivity contribution is 6.47. The summed E-state index contributed by atoms with van der Waals surface area (Å²) in [6.07, 6.45) is 4.72. The highest BCUT2D eigenvalue weighted by atomic mass is 16.6. The lowest BCUT2D eigenvalue weighted by Gasteiger charge is -2.37. The number of imidazole rings is 1. The Morgan fingerprint density at radius 1 is 1.12 bits per heavy atom. The first-order valence-electron chi connectivity index (χ1n) is 12.2. The van der Waals surface area contributed by atoms with Crippen LogP contribution in [0.5, 0.6) is 0 Å². The van der Waals surface area contributed by atoms with E-state index < -0.39 is 16.8 Å². The Labute approximate surface area is 203 Å². The van der Waals surface area contributed by atoms with E-state index in [9.17, 15) is 9.90 Å². The number of nitrogens with zero attached hydrogens (tertiary/aromatic N) is 2. The number of hydrogen-bond acceptors (Lipinski definition) is 5. The SMILES string of the molecule is CC(C)(C)OC(=O)N1[C@H]2CC[C@H](C2)[C@H]1c1ncc(-c2ccc([B]OC(C)(C)C(C)(C)O)cc2)[nH]1. The fourth-order valence-electron chi connectivity index (χ4n) is 4.65. The van der Waals surface area contributed by atoms with E-state index in [4.69, 9.17) is 9.39 Å². The molecule has 1 radical (unpaired) electrons. The lowest BCUT2D eigenvalue weighted by atomic mass is 9.82. The molecule has 1 amide bonds. The van der Waals surface area contributed by atoms with Crippen LogP contribution < -0.4 is 5.46 Å². The first-order valence-corrected chi connectivity index (χ1v) is 12.2. The Morgan fingerprint density at radius 3 is 2.41 bits per heavy atom. The molecule has 0 unspecified atom stereocenters. The van der Waals surface area contributed by atoms with E-state index >= 15 is 0 Å². The fourth-order valence-corrected chi connectivity index (χ4v) is 4.65. The number of carbonyl (C=O) groups excluding carboxylic acids is 1. The predicted molar refractivity (Wildman–Crippen MR) is 133 cm³/mol. The number of ether oxygens (including phenoxy) is 1. The maximum absolute atomic E-state index is 13.0. The fraction of sp³-hybridized carbons (Fsp3) is 0.615. The van der Waals surface area contributed by atoms with Gasteiger partial charge in [-0.15, -0.1) is 0 Å². The highest BCUT2D eigenvalue weighted by Crippen LogP contribution is 2.50. The van der Waals surface area contributed by atoms with Gasteiger partial charge in [-0.25, -0.2) is 9.78 Å². The van der Waals surface area contributed by atoms with Crippen LogP contribution in [0.25, 0.3) is 11.3 Å². The lowest BCUT2D eigenvalue weighted by molar-refractivity contribution is -0.0893. The zero-order chi connectivity index (χ0) is 24.9. The number of amides is 1. The van der Waals surface area contributed by atoms with Crippen molar-refractivity contribution in [1.29, 1.82) is 0 Å². The van der Waals surface area contributed by atoms with Gasteiger partial charge in [-0.1, -0.05) is 29.7 Å². The Balaban J connectivity index is 1.47. The number of carbonyl (C=O) groups is 1. The number of nitrogens with one attached hydrogen (secondary N) is 1. The average Bonchev–Trinajstić information content (AvgIpc) is 3.46. The molecule has 2 heterocycles. The molecule has 3 atom stereocenters. The average molecular weight is 466 g/mol. The Bertz CT molecular complexity index is 1020. The number of H-pyrrole nitrogens is 1. The summed E-state index contributed by atoms with van der Waals surface area (Å²) in [7, 11) is 1.67. The van der Waals surface area contributed by atoms with Crippen LogP contribution in [0.3, 0.4) is 0 Å². The van der Waals surface area contributed by atoms with Crippen molar-refractivity contribution in [1.82, 2.24) is 14.9 Å². The molecule has 0 spiro atoms. The summed E-state index contributed by atoms with van der Waals surface area (Å²) in [5, 5.41) is 10.3. The molecule has 2 N–H and O–H groups in total. The van der Waals surface area contributed by atoms with Crippen LogP contribution in [0.2, 0.25) is 0 Å². The molecule has 1 saturated heterocycles. The molecule has 2 fully saturated rings. The summed E-state index contributed by atoms with van der Waals surface area (Å²) < 4.78 is 11.6. The zero-order valence-corrected chi connectivity index (χ0v) is 21.4. The highest BCUT2D eigenvalue weighted by Gasteiger charge is 2.51. The number of benzene rings is 1. The van der Waals surface area contributed by atoms with Gasteiger partial charge in [0.2, 0.25) is 0 Å². The van der Waals surface area contributed by atoms with Gasteiger partial charge >= 0.3 is 13.6 Å². The minimum Gasteiger partial charge on any atom is -0.444 e. The van der Waals surface area contributed by atoms with Gasteiger partial charge in [0.25, 0.3) is 0 Å². The summed E-state index contributed by atoms with van der Waals surface area (Å²) >= 11 is 0. The van der Waals surface area contributed by atoms with Crippen molar-refractivity contribution in [2.24, 2.45) is 5.92 Å². The van der Waals surface area contributed by atoms with Crippen molar-refractivity contribution in [3.63, 3.8) is 0 Å². The quantitative estimate of drug-likeness (QED) is 0.619. The van der Waals surface area contributed by atoms with Gasteiger partial charge in [-0.05, 0) is 79.2 Å². The second kappa shape index (κ2) is 8.72. The first-order chi connectivity index (χ1) is 15.7. The summed E-state index contributed by atoms with van der Waals surface area (Å²) in [6, 6.07) is 8.11. The number of fused-ring (bicyclic) bond motifs is 2. The number of likely N-dealkylation sites (tertiary alicyclic amines) is 1.